The Balaban J connectivity index is 1.74. The number of furan rings is 1. The first-order valence-corrected chi connectivity index (χ1v) is 10.2. The van der Waals surface area contributed by atoms with Gasteiger partial charge in [0.2, 0.25) is 11.7 Å². The van der Waals surface area contributed by atoms with Gasteiger partial charge in [-0.05, 0) is 54.0 Å². The van der Waals surface area contributed by atoms with Crippen molar-refractivity contribution in [1.29, 1.82) is 0 Å². The Morgan fingerprint density at radius 3 is 2.64 bits per heavy atom. The Morgan fingerprint density at radius 1 is 1.25 bits per heavy atom. The summed E-state index contributed by atoms with van der Waals surface area (Å²) in [5.74, 6) is 0.388. The number of benzene rings is 1. The van der Waals surface area contributed by atoms with Crippen LogP contribution in [0.15, 0.2) is 50.6 Å². The van der Waals surface area contributed by atoms with Gasteiger partial charge < -0.3 is 15.5 Å². The van der Waals surface area contributed by atoms with Gasteiger partial charge in [0.25, 0.3) is 5.91 Å². The zero-order valence-corrected chi connectivity index (χ0v) is 17.6. The molecule has 2 heterocycles. The van der Waals surface area contributed by atoms with Crippen LogP contribution in [0.1, 0.15) is 30.2 Å². The van der Waals surface area contributed by atoms with E-state index in [0.29, 0.717) is 27.1 Å². The van der Waals surface area contributed by atoms with Gasteiger partial charge in [-0.15, -0.1) is 10.2 Å². The maximum absolute atomic E-state index is 12.4. The van der Waals surface area contributed by atoms with E-state index in [1.54, 1.807) is 36.4 Å². The van der Waals surface area contributed by atoms with Gasteiger partial charge in [-0.2, -0.15) is 0 Å². The zero-order chi connectivity index (χ0) is 20.3. The van der Waals surface area contributed by atoms with Crippen molar-refractivity contribution >= 4 is 45.2 Å². The number of nitrogens with two attached hydrogens (primary N) is 1. The van der Waals surface area contributed by atoms with Crippen molar-refractivity contribution in [2.75, 3.05) is 11.1 Å². The van der Waals surface area contributed by atoms with Gasteiger partial charge in [0.1, 0.15) is 0 Å². The molecule has 3 rings (SSSR count). The molecule has 1 aromatic carbocycles. The van der Waals surface area contributed by atoms with Crippen molar-refractivity contribution in [3.8, 4) is 11.6 Å². The minimum absolute atomic E-state index is 0.0648. The van der Waals surface area contributed by atoms with E-state index in [4.69, 9.17) is 10.2 Å². The normalized spacial score (nSPS) is 11.0. The Bertz CT molecular complexity index is 1010. The molecule has 0 aliphatic heterocycles. The molecule has 146 valence electrons. The van der Waals surface area contributed by atoms with Gasteiger partial charge in [0.05, 0.1) is 17.0 Å². The van der Waals surface area contributed by atoms with Crippen molar-refractivity contribution in [3.63, 3.8) is 0 Å². The number of rotatable bonds is 7. The first-order valence-electron chi connectivity index (χ1n) is 8.39. The Labute approximate surface area is 174 Å². The van der Waals surface area contributed by atoms with E-state index in [0.717, 1.165) is 0 Å². The summed E-state index contributed by atoms with van der Waals surface area (Å²) in [6, 6.07) is 10.2. The molecule has 0 spiro atoms. The fraction of sp³-hybridized carbons (Fsp3) is 0.222. The Kier molecular flexibility index (Phi) is 6.20. The summed E-state index contributed by atoms with van der Waals surface area (Å²) in [5, 5.41) is 11.7. The lowest BCUT2D eigenvalue weighted by molar-refractivity contribution is -0.113. The van der Waals surface area contributed by atoms with E-state index in [1.807, 2.05) is 18.4 Å². The van der Waals surface area contributed by atoms with E-state index in [1.165, 1.54) is 11.8 Å². The molecular formula is C18H18BrN5O3S. The number of primary amides is 1. The number of hydrogen-bond acceptors (Lipinski definition) is 6. The predicted octanol–water partition coefficient (Wildman–Crippen LogP) is 3.71. The Hall–Kier alpha value is -2.59. The summed E-state index contributed by atoms with van der Waals surface area (Å²) in [6.45, 7) is 4.00. The minimum atomic E-state index is -0.600. The first kappa shape index (κ1) is 20.2. The van der Waals surface area contributed by atoms with Gasteiger partial charge >= 0.3 is 0 Å². The highest BCUT2D eigenvalue weighted by Crippen LogP contribution is 2.30. The third-order valence-electron chi connectivity index (χ3n) is 3.77. The highest BCUT2D eigenvalue weighted by molar-refractivity contribution is 9.10. The average Bonchev–Trinajstić information content (AvgIpc) is 3.26. The highest BCUT2D eigenvalue weighted by atomic mass is 79.9. The molecule has 2 amide bonds. The number of aromatic nitrogens is 3. The maximum Gasteiger partial charge on any atom is 0.250 e. The van der Waals surface area contributed by atoms with Crippen LogP contribution in [0.25, 0.3) is 11.6 Å². The van der Waals surface area contributed by atoms with Gasteiger partial charge in [0.15, 0.2) is 15.6 Å². The summed E-state index contributed by atoms with van der Waals surface area (Å²) in [6.07, 6.45) is 0. The Morgan fingerprint density at radius 2 is 2.00 bits per heavy atom. The standard InChI is InChI=1S/C18H18BrN5O3S/c1-10(2)24-17(13-7-8-14(19)27-13)22-23-18(24)28-9-15(25)21-12-6-4-3-5-11(12)16(20)26/h3-8,10H,9H2,1-2H3,(H2,20,26)(H,21,25). The predicted molar refractivity (Wildman–Crippen MR) is 110 cm³/mol. The van der Waals surface area contributed by atoms with Crippen LogP contribution >= 0.6 is 27.7 Å². The van der Waals surface area contributed by atoms with Crippen LogP contribution in [0.4, 0.5) is 5.69 Å². The van der Waals surface area contributed by atoms with Crippen molar-refractivity contribution < 1.29 is 14.0 Å². The van der Waals surface area contributed by atoms with E-state index in [9.17, 15) is 9.59 Å². The molecule has 0 saturated carbocycles. The lowest BCUT2D eigenvalue weighted by Gasteiger charge is -2.13. The molecule has 0 unspecified atom stereocenters. The largest absolute Gasteiger partial charge is 0.446 e. The van der Waals surface area contributed by atoms with Crippen molar-refractivity contribution in [2.24, 2.45) is 5.73 Å². The molecule has 0 aliphatic carbocycles. The highest BCUT2D eigenvalue weighted by Gasteiger charge is 2.20. The first-order chi connectivity index (χ1) is 13.4. The molecule has 3 N–H and O–H groups in total. The van der Waals surface area contributed by atoms with Gasteiger partial charge in [-0.25, -0.2) is 0 Å². The molecule has 28 heavy (non-hydrogen) atoms. The maximum atomic E-state index is 12.4. The minimum Gasteiger partial charge on any atom is -0.446 e. The van der Waals surface area contributed by atoms with Crippen LogP contribution in [0.2, 0.25) is 0 Å². The second-order valence-corrected chi connectivity index (χ2v) is 7.84. The number of anilines is 1. The van der Waals surface area contributed by atoms with E-state index in [2.05, 4.69) is 31.4 Å². The zero-order valence-electron chi connectivity index (χ0n) is 15.2. The number of hydrogen-bond donors (Lipinski definition) is 2. The number of nitrogens with zero attached hydrogens (tertiary/aromatic N) is 3. The average molecular weight is 464 g/mol. The molecule has 10 heteroatoms. The van der Waals surface area contributed by atoms with Crippen molar-refractivity contribution in [2.45, 2.75) is 25.0 Å². The van der Waals surface area contributed by atoms with E-state index in [-0.39, 0.29) is 23.3 Å². The van der Waals surface area contributed by atoms with Crippen LogP contribution in [0.3, 0.4) is 0 Å². The number of para-hydroxylation sites is 1. The van der Waals surface area contributed by atoms with Crippen molar-refractivity contribution in [1.82, 2.24) is 14.8 Å². The van der Waals surface area contributed by atoms with E-state index >= 15 is 0 Å². The van der Waals surface area contributed by atoms with Crippen LogP contribution in [-0.4, -0.2) is 32.3 Å². The summed E-state index contributed by atoms with van der Waals surface area (Å²) < 4.78 is 8.08. The molecule has 0 radical (unpaired) electrons. The van der Waals surface area contributed by atoms with Crippen molar-refractivity contribution in [3.05, 3.63) is 46.6 Å². The number of carbonyl (C=O) groups excluding carboxylic acids is 2. The van der Waals surface area contributed by atoms with Crippen LogP contribution in [0, 0.1) is 0 Å². The molecule has 2 aromatic heterocycles. The molecule has 3 aromatic rings. The SMILES string of the molecule is CC(C)n1c(SCC(=O)Nc2ccccc2C(N)=O)nnc1-c1ccc(Br)o1. The number of carbonyl (C=O) groups is 2. The monoisotopic (exact) mass is 463 g/mol. The van der Waals surface area contributed by atoms with Crippen LogP contribution in [0.5, 0.6) is 0 Å². The lowest BCUT2D eigenvalue weighted by atomic mass is 10.1. The van der Waals surface area contributed by atoms with Crippen LogP contribution < -0.4 is 11.1 Å². The summed E-state index contributed by atoms with van der Waals surface area (Å²) in [5.41, 5.74) is 5.98. The molecule has 0 saturated heterocycles. The second-order valence-electron chi connectivity index (χ2n) is 6.12. The lowest BCUT2D eigenvalue weighted by Crippen LogP contribution is -2.19. The topological polar surface area (TPSA) is 116 Å². The van der Waals surface area contributed by atoms with E-state index < -0.39 is 5.91 Å². The molecule has 0 atom stereocenters. The van der Waals surface area contributed by atoms with Crippen LogP contribution in [-0.2, 0) is 4.79 Å². The van der Waals surface area contributed by atoms with Gasteiger partial charge in [0, 0.05) is 6.04 Å². The fourth-order valence-electron chi connectivity index (χ4n) is 2.57. The molecule has 8 nitrogen and oxygen atoms in total. The summed E-state index contributed by atoms with van der Waals surface area (Å²) in [4.78, 5) is 23.8. The molecule has 0 aliphatic rings. The van der Waals surface area contributed by atoms with Gasteiger partial charge in [-0.3, -0.25) is 14.2 Å². The number of thioether (sulfide) groups is 1. The summed E-state index contributed by atoms with van der Waals surface area (Å²) in [7, 11) is 0. The number of halogens is 1. The second kappa shape index (κ2) is 8.61. The quantitative estimate of drug-likeness (QED) is 0.515. The molecule has 0 bridgehead atoms. The smallest absolute Gasteiger partial charge is 0.250 e. The third-order valence-corrected chi connectivity index (χ3v) is 5.14. The fourth-order valence-corrected chi connectivity index (χ4v) is 3.74. The number of amides is 2. The molecule has 0 fully saturated rings. The summed E-state index contributed by atoms with van der Waals surface area (Å²) >= 11 is 4.53. The van der Waals surface area contributed by atoms with Gasteiger partial charge in [-0.1, -0.05) is 23.9 Å². The number of nitrogens with one attached hydrogen (secondary N) is 1. The third kappa shape index (κ3) is 4.45. The molecular weight excluding hydrogens is 446 g/mol.